The standard InChI is InChI=1S/C11H19N3O/c1-4-11(3,15-5-2)10(12)9-6-13-8-14-7-9/h6-8,10H,4-5,12H2,1-3H3. The van der Waals surface area contributed by atoms with Crippen LogP contribution in [0, 0.1) is 0 Å². The van der Waals surface area contributed by atoms with Gasteiger partial charge in [-0.1, -0.05) is 6.92 Å². The van der Waals surface area contributed by atoms with Gasteiger partial charge in [-0.15, -0.1) is 0 Å². The van der Waals surface area contributed by atoms with Crippen LogP contribution in [0.25, 0.3) is 0 Å². The van der Waals surface area contributed by atoms with Gasteiger partial charge in [0, 0.05) is 24.6 Å². The summed E-state index contributed by atoms with van der Waals surface area (Å²) in [7, 11) is 0. The molecule has 0 aliphatic heterocycles. The lowest BCUT2D eigenvalue weighted by molar-refractivity contribution is -0.0473. The van der Waals surface area contributed by atoms with E-state index in [0.717, 1.165) is 12.0 Å². The zero-order valence-electron chi connectivity index (χ0n) is 9.60. The number of hydrogen-bond donors (Lipinski definition) is 1. The van der Waals surface area contributed by atoms with Gasteiger partial charge in [0.2, 0.25) is 0 Å². The first kappa shape index (κ1) is 12.1. The van der Waals surface area contributed by atoms with Gasteiger partial charge in [0.25, 0.3) is 0 Å². The summed E-state index contributed by atoms with van der Waals surface area (Å²) in [6.07, 6.45) is 5.84. The maximum atomic E-state index is 6.17. The third kappa shape index (κ3) is 2.73. The summed E-state index contributed by atoms with van der Waals surface area (Å²) in [6, 6.07) is -0.191. The van der Waals surface area contributed by atoms with Gasteiger partial charge in [-0.3, -0.25) is 0 Å². The molecule has 4 heteroatoms. The summed E-state index contributed by atoms with van der Waals surface area (Å²) in [6.45, 7) is 6.72. The van der Waals surface area contributed by atoms with Gasteiger partial charge in [0.1, 0.15) is 6.33 Å². The van der Waals surface area contributed by atoms with Gasteiger partial charge in [0.15, 0.2) is 0 Å². The Labute approximate surface area is 90.9 Å². The Morgan fingerprint density at radius 3 is 2.47 bits per heavy atom. The van der Waals surface area contributed by atoms with Crippen LogP contribution in [0.1, 0.15) is 38.8 Å². The number of nitrogens with two attached hydrogens (primary N) is 1. The molecule has 0 bridgehead atoms. The Balaban J connectivity index is 2.86. The number of aromatic nitrogens is 2. The first-order valence-electron chi connectivity index (χ1n) is 5.28. The van der Waals surface area contributed by atoms with E-state index in [9.17, 15) is 0 Å². The van der Waals surface area contributed by atoms with Crippen molar-refractivity contribution in [1.82, 2.24) is 9.97 Å². The van der Waals surface area contributed by atoms with Gasteiger partial charge >= 0.3 is 0 Å². The van der Waals surface area contributed by atoms with Crippen LogP contribution in [0.4, 0.5) is 0 Å². The first-order valence-corrected chi connectivity index (χ1v) is 5.28. The highest BCUT2D eigenvalue weighted by molar-refractivity contribution is 5.13. The van der Waals surface area contributed by atoms with Crippen molar-refractivity contribution in [1.29, 1.82) is 0 Å². The highest BCUT2D eigenvalue weighted by Gasteiger charge is 2.31. The summed E-state index contributed by atoms with van der Waals surface area (Å²) in [5.74, 6) is 0. The summed E-state index contributed by atoms with van der Waals surface area (Å²) >= 11 is 0. The van der Waals surface area contributed by atoms with Gasteiger partial charge in [-0.2, -0.15) is 0 Å². The molecular weight excluding hydrogens is 190 g/mol. The van der Waals surface area contributed by atoms with Crippen molar-refractivity contribution in [3.63, 3.8) is 0 Å². The van der Waals surface area contributed by atoms with Gasteiger partial charge < -0.3 is 10.5 Å². The van der Waals surface area contributed by atoms with Gasteiger partial charge in [-0.05, 0) is 20.3 Å². The average molecular weight is 209 g/mol. The first-order chi connectivity index (χ1) is 7.14. The topological polar surface area (TPSA) is 61.0 Å². The molecule has 0 saturated carbocycles. The molecule has 0 saturated heterocycles. The Morgan fingerprint density at radius 2 is 2.00 bits per heavy atom. The van der Waals surface area contributed by atoms with Crippen LogP contribution in [-0.4, -0.2) is 22.2 Å². The van der Waals surface area contributed by atoms with E-state index in [0.29, 0.717) is 6.61 Å². The van der Waals surface area contributed by atoms with Crippen LogP contribution in [-0.2, 0) is 4.74 Å². The Hall–Kier alpha value is -1.00. The molecule has 1 aromatic rings. The minimum Gasteiger partial charge on any atom is -0.374 e. The fourth-order valence-corrected chi connectivity index (χ4v) is 1.57. The largest absolute Gasteiger partial charge is 0.374 e. The quantitative estimate of drug-likeness (QED) is 0.801. The van der Waals surface area contributed by atoms with Gasteiger partial charge in [-0.25, -0.2) is 9.97 Å². The Morgan fingerprint density at radius 1 is 1.40 bits per heavy atom. The smallest absolute Gasteiger partial charge is 0.115 e. The molecule has 0 fully saturated rings. The van der Waals surface area contributed by atoms with Crippen LogP contribution in [0.15, 0.2) is 18.7 Å². The molecule has 1 heterocycles. The van der Waals surface area contributed by atoms with E-state index in [1.165, 1.54) is 6.33 Å². The molecule has 0 radical (unpaired) electrons. The van der Waals surface area contributed by atoms with E-state index < -0.39 is 0 Å². The van der Waals surface area contributed by atoms with Crippen molar-refractivity contribution in [2.45, 2.75) is 38.8 Å². The molecule has 0 aliphatic carbocycles. The van der Waals surface area contributed by atoms with Gasteiger partial charge in [0.05, 0.1) is 11.6 Å². The summed E-state index contributed by atoms with van der Waals surface area (Å²) < 4.78 is 5.71. The Kier molecular flexibility index (Phi) is 4.17. The summed E-state index contributed by atoms with van der Waals surface area (Å²) in [4.78, 5) is 7.93. The van der Waals surface area contributed by atoms with Crippen LogP contribution in [0.3, 0.4) is 0 Å². The maximum Gasteiger partial charge on any atom is 0.115 e. The predicted molar refractivity (Wildman–Crippen MR) is 59.3 cm³/mol. The summed E-state index contributed by atoms with van der Waals surface area (Å²) in [5, 5.41) is 0. The van der Waals surface area contributed by atoms with Crippen LogP contribution >= 0.6 is 0 Å². The van der Waals surface area contributed by atoms with Crippen LogP contribution in [0.2, 0.25) is 0 Å². The second-order valence-corrected chi connectivity index (χ2v) is 3.75. The molecule has 1 aromatic heterocycles. The summed E-state index contributed by atoms with van der Waals surface area (Å²) in [5.41, 5.74) is 6.73. The molecule has 2 N–H and O–H groups in total. The van der Waals surface area contributed by atoms with E-state index in [4.69, 9.17) is 10.5 Å². The fraction of sp³-hybridized carbons (Fsp3) is 0.636. The lowest BCUT2D eigenvalue weighted by atomic mass is 9.90. The van der Waals surface area contributed by atoms with Crippen molar-refractivity contribution in [3.8, 4) is 0 Å². The monoisotopic (exact) mass is 209 g/mol. The molecule has 0 aliphatic rings. The average Bonchev–Trinajstić information content (AvgIpc) is 2.29. The molecule has 0 amide bonds. The SMILES string of the molecule is CCOC(C)(CC)C(N)c1cncnc1. The minimum atomic E-state index is -0.348. The zero-order valence-corrected chi connectivity index (χ0v) is 9.60. The number of rotatable bonds is 5. The normalized spacial score (nSPS) is 17.1. The zero-order chi connectivity index (χ0) is 11.3. The maximum absolute atomic E-state index is 6.17. The molecule has 0 aromatic carbocycles. The third-order valence-electron chi connectivity index (χ3n) is 2.77. The van der Waals surface area contributed by atoms with Crippen molar-refractivity contribution in [3.05, 3.63) is 24.3 Å². The number of nitrogens with zero attached hydrogens (tertiary/aromatic N) is 2. The highest BCUT2D eigenvalue weighted by Crippen LogP contribution is 2.29. The Bertz CT molecular complexity index is 291. The van der Waals surface area contributed by atoms with E-state index >= 15 is 0 Å². The second-order valence-electron chi connectivity index (χ2n) is 3.75. The molecule has 2 atom stereocenters. The van der Waals surface area contributed by atoms with Crippen molar-refractivity contribution in [2.24, 2.45) is 5.73 Å². The lowest BCUT2D eigenvalue weighted by Crippen LogP contribution is -2.40. The molecule has 0 spiro atoms. The predicted octanol–water partition coefficient (Wildman–Crippen LogP) is 1.68. The van der Waals surface area contributed by atoms with Crippen molar-refractivity contribution < 1.29 is 4.74 Å². The fourth-order valence-electron chi connectivity index (χ4n) is 1.57. The number of hydrogen-bond acceptors (Lipinski definition) is 4. The van der Waals surface area contributed by atoms with Crippen molar-refractivity contribution >= 4 is 0 Å². The molecule has 1 rings (SSSR count). The number of ether oxygens (including phenoxy) is 1. The van der Waals surface area contributed by atoms with E-state index in [2.05, 4.69) is 16.9 Å². The highest BCUT2D eigenvalue weighted by atomic mass is 16.5. The van der Waals surface area contributed by atoms with E-state index in [-0.39, 0.29) is 11.6 Å². The third-order valence-corrected chi connectivity index (χ3v) is 2.77. The molecule has 84 valence electrons. The van der Waals surface area contributed by atoms with Crippen LogP contribution in [0.5, 0.6) is 0 Å². The van der Waals surface area contributed by atoms with E-state index in [1.54, 1.807) is 12.4 Å². The lowest BCUT2D eigenvalue weighted by Gasteiger charge is -2.34. The molecular formula is C11H19N3O. The second kappa shape index (κ2) is 5.19. The van der Waals surface area contributed by atoms with E-state index in [1.807, 2.05) is 13.8 Å². The molecule has 4 nitrogen and oxygen atoms in total. The molecule has 2 unspecified atom stereocenters. The van der Waals surface area contributed by atoms with Crippen molar-refractivity contribution in [2.75, 3.05) is 6.61 Å². The van der Waals surface area contributed by atoms with Crippen LogP contribution < -0.4 is 5.73 Å². The minimum absolute atomic E-state index is 0.191. The molecule has 15 heavy (non-hydrogen) atoms.